The molecule has 0 saturated heterocycles. The minimum Gasteiger partial charge on any atom is -0.398 e. The number of benzene rings is 2. The molecule has 0 heterocycles. The summed E-state index contributed by atoms with van der Waals surface area (Å²) in [5, 5.41) is 0. The zero-order valence-electron chi connectivity index (χ0n) is 10.1. The molecule has 1 nitrogen and oxygen atoms in total. The number of hydrogen-bond donors (Lipinski definition) is 1. The van der Waals surface area contributed by atoms with Crippen molar-refractivity contribution in [1.29, 1.82) is 0 Å². The monoisotopic (exact) mass is 229 g/mol. The van der Waals surface area contributed by atoms with Gasteiger partial charge in [-0.3, -0.25) is 0 Å². The first kappa shape index (κ1) is 11.6. The topological polar surface area (TPSA) is 26.0 Å². The third-order valence-electron chi connectivity index (χ3n) is 3.03. The summed E-state index contributed by atoms with van der Waals surface area (Å²) in [5.41, 5.74) is 9.89. The Bertz CT molecular complexity index is 529. The van der Waals surface area contributed by atoms with Gasteiger partial charge in [-0.1, -0.05) is 31.2 Å². The van der Waals surface area contributed by atoms with Gasteiger partial charge in [0, 0.05) is 11.3 Å². The molecule has 0 unspecified atom stereocenters. The van der Waals surface area contributed by atoms with Crippen LogP contribution in [0.5, 0.6) is 0 Å². The van der Waals surface area contributed by atoms with Crippen molar-refractivity contribution in [2.75, 3.05) is 5.73 Å². The van der Waals surface area contributed by atoms with E-state index in [0.717, 1.165) is 17.5 Å². The first-order valence-corrected chi connectivity index (χ1v) is 5.76. The highest BCUT2D eigenvalue weighted by molar-refractivity contribution is 5.69. The summed E-state index contributed by atoms with van der Waals surface area (Å²) in [6.07, 6.45) is 0.985. The summed E-state index contributed by atoms with van der Waals surface area (Å²) in [7, 11) is 0. The number of halogens is 1. The van der Waals surface area contributed by atoms with Gasteiger partial charge in [0.25, 0.3) is 0 Å². The van der Waals surface area contributed by atoms with Crippen LogP contribution in [0.25, 0.3) is 11.1 Å². The summed E-state index contributed by atoms with van der Waals surface area (Å²) >= 11 is 0. The SMILES string of the molecule is CCc1ccc(-c2cc(N)c(C)cc2F)cc1. The van der Waals surface area contributed by atoms with E-state index in [4.69, 9.17) is 5.73 Å². The summed E-state index contributed by atoms with van der Waals surface area (Å²) < 4.78 is 13.8. The Morgan fingerprint density at radius 3 is 2.35 bits per heavy atom. The Balaban J connectivity index is 2.48. The molecule has 0 aliphatic rings. The number of rotatable bonds is 2. The Hall–Kier alpha value is -1.83. The predicted octanol–water partition coefficient (Wildman–Crippen LogP) is 3.95. The first-order valence-electron chi connectivity index (χ1n) is 5.76. The number of hydrogen-bond acceptors (Lipinski definition) is 1. The molecular weight excluding hydrogens is 213 g/mol. The van der Waals surface area contributed by atoms with E-state index in [-0.39, 0.29) is 5.82 Å². The van der Waals surface area contributed by atoms with Crippen LogP contribution in [0.2, 0.25) is 0 Å². The molecule has 0 saturated carbocycles. The lowest BCUT2D eigenvalue weighted by molar-refractivity contribution is 0.630. The molecule has 17 heavy (non-hydrogen) atoms. The van der Waals surface area contributed by atoms with Crippen molar-refractivity contribution in [1.82, 2.24) is 0 Å². The standard InChI is InChI=1S/C15H16FN/c1-3-11-4-6-12(7-5-11)13-9-15(17)10(2)8-14(13)16/h4-9H,3,17H2,1-2H3. The van der Waals surface area contributed by atoms with Gasteiger partial charge in [-0.2, -0.15) is 0 Å². The van der Waals surface area contributed by atoms with Crippen LogP contribution in [0.1, 0.15) is 18.1 Å². The van der Waals surface area contributed by atoms with Crippen LogP contribution in [-0.2, 0) is 6.42 Å². The molecule has 0 atom stereocenters. The Morgan fingerprint density at radius 1 is 1.12 bits per heavy atom. The zero-order chi connectivity index (χ0) is 12.4. The Kier molecular flexibility index (Phi) is 3.14. The van der Waals surface area contributed by atoms with Gasteiger partial charge in [-0.15, -0.1) is 0 Å². The molecule has 0 amide bonds. The average Bonchev–Trinajstić information content (AvgIpc) is 2.34. The van der Waals surface area contributed by atoms with E-state index < -0.39 is 0 Å². The number of nitrogens with two attached hydrogens (primary N) is 1. The van der Waals surface area contributed by atoms with Crippen LogP contribution >= 0.6 is 0 Å². The molecule has 2 rings (SSSR count). The van der Waals surface area contributed by atoms with E-state index in [1.165, 1.54) is 11.6 Å². The van der Waals surface area contributed by atoms with Crippen molar-refractivity contribution < 1.29 is 4.39 Å². The number of nitrogen functional groups attached to an aromatic ring is 1. The van der Waals surface area contributed by atoms with Crippen molar-refractivity contribution in [3.05, 3.63) is 53.3 Å². The van der Waals surface area contributed by atoms with Crippen LogP contribution < -0.4 is 5.73 Å². The lowest BCUT2D eigenvalue weighted by Gasteiger charge is -2.08. The van der Waals surface area contributed by atoms with Gasteiger partial charge in [0.15, 0.2) is 0 Å². The van der Waals surface area contributed by atoms with Gasteiger partial charge < -0.3 is 5.73 Å². The molecule has 0 radical (unpaired) electrons. The maximum absolute atomic E-state index is 13.8. The lowest BCUT2D eigenvalue weighted by Crippen LogP contribution is -1.94. The molecule has 0 fully saturated rings. The molecule has 0 aliphatic heterocycles. The first-order chi connectivity index (χ1) is 8.11. The van der Waals surface area contributed by atoms with E-state index in [0.29, 0.717) is 11.3 Å². The smallest absolute Gasteiger partial charge is 0.131 e. The summed E-state index contributed by atoms with van der Waals surface area (Å²) in [5.74, 6) is -0.221. The predicted molar refractivity (Wildman–Crippen MR) is 70.4 cm³/mol. The van der Waals surface area contributed by atoms with E-state index >= 15 is 0 Å². The van der Waals surface area contributed by atoms with Crippen molar-refractivity contribution in [2.24, 2.45) is 0 Å². The quantitative estimate of drug-likeness (QED) is 0.775. The highest BCUT2D eigenvalue weighted by Crippen LogP contribution is 2.27. The third kappa shape index (κ3) is 2.31. The molecule has 0 spiro atoms. The molecule has 88 valence electrons. The number of aryl methyl sites for hydroxylation is 2. The van der Waals surface area contributed by atoms with Gasteiger partial charge in [-0.05, 0) is 42.2 Å². The van der Waals surface area contributed by atoms with Gasteiger partial charge >= 0.3 is 0 Å². The van der Waals surface area contributed by atoms with Crippen LogP contribution in [-0.4, -0.2) is 0 Å². The second-order valence-corrected chi connectivity index (χ2v) is 4.24. The van der Waals surface area contributed by atoms with Gasteiger partial charge in [0.05, 0.1) is 0 Å². The molecule has 0 aliphatic carbocycles. The normalized spacial score (nSPS) is 10.5. The molecular formula is C15H16FN. The van der Waals surface area contributed by atoms with E-state index in [1.54, 1.807) is 6.07 Å². The molecule has 2 N–H and O–H groups in total. The third-order valence-corrected chi connectivity index (χ3v) is 3.03. The average molecular weight is 229 g/mol. The Morgan fingerprint density at radius 2 is 1.76 bits per heavy atom. The van der Waals surface area contributed by atoms with Crippen molar-refractivity contribution in [3.63, 3.8) is 0 Å². The minimum absolute atomic E-state index is 0.221. The zero-order valence-corrected chi connectivity index (χ0v) is 10.1. The van der Waals surface area contributed by atoms with Crippen molar-refractivity contribution in [2.45, 2.75) is 20.3 Å². The van der Waals surface area contributed by atoms with Crippen LogP contribution in [0.4, 0.5) is 10.1 Å². The lowest BCUT2D eigenvalue weighted by atomic mass is 10.0. The second kappa shape index (κ2) is 4.58. The molecule has 0 aromatic heterocycles. The fraction of sp³-hybridized carbons (Fsp3) is 0.200. The summed E-state index contributed by atoms with van der Waals surface area (Å²) in [6, 6.07) is 11.1. The van der Waals surface area contributed by atoms with Crippen molar-refractivity contribution in [3.8, 4) is 11.1 Å². The van der Waals surface area contributed by atoms with Gasteiger partial charge in [0.1, 0.15) is 5.82 Å². The fourth-order valence-corrected chi connectivity index (χ4v) is 1.83. The molecule has 2 heteroatoms. The van der Waals surface area contributed by atoms with Gasteiger partial charge in [0.2, 0.25) is 0 Å². The maximum Gasteiger partial charge on any atom is 0.131 e. The largest absolute Gasteiger partial charge is 0.398 e. The molecule has 2 aromatic carbocycles. The van der Waals surface area contributed by atoms with Gasteiger partial charge in [-0.25, -0.2) is 4.39 Å². The van der Waals surface area contributed by atoms with Crippen LogP contribution in [0.3, 0.4) is 0 Å². The van der Waals surface area contributed by atoms with Crippen LogP contribution in [0, 0.1) is 12.7 Å². The minimum atomic E-state index is -0.221. The second-order valence-electron chi connectivity index (χ2n) is 4.24. The highest BCUT2D eigenvalue weighted by atomic mass is 19.1. The van der Waals surface area contributed by atoms with Crippen LogP contribution in [0.15, 0.2) is 36.4 Å². The Labute approximate surface area is 101 Å². The molecule has 2 aromatic rings. The van der Waals surface area contributed by atoms with E-state index in [1.807, 2.05) is 31.2 Å². The van der Waals surface area contributed by atoms with E-state index in [2.05, 4.69) is 6.92 Å². The highest BCUT2D eigenvalue weighted by Gasteiger charge is 2.07. The summed E-state index contributed by atoms with van der Waals surface area (Å²) in [6.45, 7) is 3.90. The molecule has 0 bridgehead atoms. The maximum atomic E-state index is 13.8. The number of anilines is 1. The van der Waals surface area contributed by atoms with E-state index in [9.17, 15) is 4.39 Å². The summed E-state index contributed by atoms with van der Waals surface area (Å²) in [4.78, 5) is 0. The van der Waals surface area contributed by atoms with Crippen molar-refractivity contribution >= 4 is 5.69 Å². The fourth-order valence-electron chi connectivity index (χ4n) is 1.83.